The summed E-state index contributed by atoms with van der Waals surface area (Å²) in [6, 6.07) is 14.3. The molecular formula is C17H21NO. The minimum absolute atomic E-state index is 0.107. The number of hydrogen-bond donors (Lipinski definition) is 1. The zero-order chi connectivity index (χ0) is 13.8. The molecule has 2 nitrogen and oxygen atoms in total. The quantitative estimate of drug-likeness (QED) is 0.872. The van der Waals surface area contributed by atoms with Gasteiger partial charge in [0.25, 0.3) is 0 Å². The van der Waals surface area contributed by atoms with E-state index in [4.69, 9.17) is 10.5 Å². The molecule has 0 saturated carbocycles. The van der Waals surface area contributed by atoms with Crippen LogP contribution in [0.2, 0.25) is 0 Å². The van der Waals surface area contributed by atoms with Crippen LogP contribution in [0.5, 0.6) is 11.5 Å². The van der Waals surface area contributed by atoms with Gasteiger partial charge in [0.05, 0.1) is 0 Å². The second-order valence-corrected chi connectivity index (χ2v) is 5.01. The topological polar surface area (TPSA) is 35.2 Å². The molecule has 0 aliphatic heterocycles. The normalized spacial score (nSPS) is 12.2. The molecule has 2 heteroatoms. The van der Waals surface area contributed by atoms with E-state index in [1.165, 1.54) is 11.1 Å². The van der Waals surface area contributed by atoms with Crippen molar-refractivity contribution in [3.63, 3.8) is 0 Å². The van der Waals surface area contributed by atoms with Crippen molar-refractivity contribution < 1.29 is 4.74 Å². The van der Waals surface area contributed by atoms with Gasteiger partial charge in [-0.3, -0.25) is 0 Å². The Morgan fingerprint density at radius 1 is 0.947 bits per heavy atom. The average Bonchev–Trinajstić information content (AvgIpc) is 2.37. The van der Waals surface area contributed by atoms with E-state index in [1.54, 1.807) is 0 Å². The molecule has 1 atom stereocenters. The standard InChI is InChI=1S/C17H21NO/c1-4-17(18)14-5-7-15(8-6-14)19-16-10-12(2)9-13(3)11-16/h5-11,17H,4,18H2,1-3H3/t17-/m0/s1. The first-order chi connectivity index (χ1) is 9.08. The lowest BCUT2D eigenvalue weighted by molar-refractivity contribution is 0.481. The maximum atomic E-state index is 6.00. The van der Waals surface area contributed by atoms with Gasteiger partial charge in [0.2, 0.25) is 0 Å². The third-order valence-electron chi connectivity index (χ3n) is 3.18. The van der Waals surface area contributed by atoms with E-state index in [0.29, 0.717) is 0 Å². The van der Waals surface area contributed by atoms with Gasteiger partial charge in [-0.2, -0.15) is 0 Å². The summed E-state index contributed by atoms with van der Waals surface area (Å²) in [6.45, 7) is 6.23. The van der Waals surface area contributed by atoms with Gasteiger partial charge in [0, 0.05) is 6.04 Å². The Bertz CT molecular complexity index is 525. The van der Waals surface area contributed by atoms with Crippen molar-refractivity contribution in [3.05, 3.63) is 59.2 Å². The minimum Gasteiger partial charge on any atom is -0.457 e. The van der Waals surface area contributed by atoms with E-state index in [9.17, 15) is 0 Å². The van der Waals surface area contributed by atoms with Crippen LogP contribution in [0.1, 0.15) is 36.1 Å². The van der Waals surface area contributed by atoms with E-state index in [2.05, 4.69) is 26.8 Å². The van der Waals surface area contributed by atoms with Crippen molar-refractivity contribution in [2.75, 3.05) is 0 Å². The Labute approximate surface area is 115 Å². The second kappa shape index (κ2) is 5.89. The Balaban J connectivity index is 2.15. The van der Waals surface area contributed by atoms with Crippen molar-refractivity contribution >= 4 is 0 Å². The molecule has 19 heavy (non-hydrogen) atoms. The minimum atomic E-state index is 0.107. The molecule has 0 unspecified atom stereocenters. The summed E-state index contributed by atoms with van der Waals surface area (Å²) < 4.78 is 5.87. The fourth-order valence-corrected chi connectivity index (χ4v) is 2.15. The first-order valence-corrected chi connectivity index (χ1v) is 6.70. The van der Waals surface area contributed by atoms with Crippen LogP contribution in [-0.4, -0.2) is 0 Å². The molecule has 2 aromatic carbocycles. The first kappa shape index (κ1) is 13.6. The van der Waals surface area contributed by atoms with E-state index in [0.717, 1.165) is 23.5 Å². The molecule has 0 saturated heterocycles. The molecule has 0 aromatic heterocycles. The predicted molar refractivity (Wildman–Crippen MR) is 79.7 cm³/mol. The molecule has 2 rings (SSSR count). The molecule has 0 spiro atoms. The van der Waals surface area contributed by atoms with Crippen molar-refractivity contribution in [2.45, 2.75) is 33.2 Å². The van der Waals surface area contributed by atoms with Crippen molar-refractivity contribution in [1.82, 2.24) is 0 Å². The molecule has 0 aliphatic carbocycles. The van der Waals surface area contributed by atoms with Crippen LogP contribution in [0, 0.1) is 13.8 Å². The third-order valence-corrected chi connectivity index (χ3v) is 3.18. The van der Waals surface area contributed by atoms with Gasteiger partial charge >= 0.3 is 0 Å². The molecule has 0 fully saturated rings. The van der Waals surface area contributed by atoms with E-state index >= 15 is 0 Å². The molecule has 0 heterocycles. The lowest BCUT2D eigenvalue weighted by Gasteiger charge is -2.11. The average molecular weight is 255 g/mol. The molecule has 0 amide bonds. The highest BCUT2D eigenvalue weighted by Gasteiger charge is 2.04. The number of benzene rings is 2. The fraction of sp³-hybridized carbons (Fsp3) is 0.294. The third kappa shape index (κ3) is 3.58. The molecule has 2 N–H and O–H groups in total. The summed E-state index contributed by atoms with van der Waals surface area (Å²) in [6.07, 6.45) is 0.942. The van der Waals surface area contributed by atoms with Gasteiger partial charge in [-0.15, -0.1) is 0 Å². The fourth-order valence-electron chi connectivity index (χ4n) is 2.15. The van der Waals surface area contributed by atoms with Crippen LogP contribution in [0.25, 0.3) is 0 Å². The van der Waals surface area contributed by atoms with Crippen LogP contribution < -0.4 is 10.5 Å². The monoisotopic (exact) mass is 255 g/mol. The predicted octanol–water partition coefficient (Wildman–Crippen LogP) is 4.51. The Morgan fingerprint density at radius 2 is 1.53 bits per heavy atom. The van der Waals surface area contributed by atoms with E-state index in [1.807, 2.05) is 36.4 Å². The molecule has 100 valence electrons. The van der Waals surface area contributed by atoms with Gasteiger partial charge < -0.3 is 10.5 Å². The van der Waals surface area contributed by atoms with Gasteiger partial charge in [-0.1, -0.05) is 25.1 Å². The first-order valence-electron chi connectivity index (χ1n) is 6.70. The molecule has 0 radical (unpaired) electrons. The molecule has 0 bridgehead atoms. The summed E-state index contributed by atoms with van der Waals surface area (Å²) in [7, 11) is 0. The lowest BCUT2D eigenvalue weighted by Crippen LogP contribution is -2.07. The number of rotatable bonds is 4. The van der Waals surface area contributed by atoms with E-state index in [-0.39, 0.29) is 6.04 Å². The Kier molecular flexibility index (Phi) is 4.23. The van der Waals surface area contributed by atoms with Gasteiger partial charge in [-0.05, 0) is 61.2 Å². The largest absolute Gasteiger partial charge is 0.457 e. The summed E-state index contributed by atoms with van der Waals surface area (Å²) in [5.41, 5.74) is 9.56. The number of hydrogen-bond acceptors (Lipinski definition) is 2. The zero-order valence-electron chi connectivity index (χ0n) is 11.8. The van der Waals surface area contributed by atoms with Crippen LogP contribution in [0.4, 0.5) is 0 Å². The van der Waals surface area contributed by atoms with Crippen molar-refractivity contribution in [1.29, 1.82) is 0 Å². The zero-order valence-corrected chi connectivity index (χ0v) is 11.8. The maximum absolute atomic E-state index is 6.00. The number of ether oxygens (including phenoxy) is 1. The van der Waals surface area contributed by atoms with Gasteiger partial charge in [-0.25, -0.2) is 0 Å². The van der Waals surface area contributed by atoms with Crippen molar-refractivity contribution in [3.8, 4) is 11.5 Å². The summed E-state index contributed by atoms with van der Waals surface area (Å²) in [5.74, 6) is 1.72. The highest BCUT2D eigenvalue weighted by molar-refractivity contribution is 5.38. The van der Waals surface area contributed by atoms with Crippen LogP contribution in [-0.2, 0) is 0 Å². The van der Waals surface area contributed by atoms with Crippen molar-refractivity contribution in [2.24, 2.45) is 5.73 Å². The summed E-state index contributed by atoms with van der Waals surface area (Å²) in [4.78, 5) is 0. The second-order valence-electron chi connectivity index (χ2n) is 5.01. The van der Waals surface area contributed by atoms with Gasteiger partial charge in [0.1, 0.15) is 11.5 Å². The van der Waals surface area contributed by atoms with Crippen LogP contribution in [0.3, 0.4) is 0 Å². The number of nitrogens with two attached hydrogens (primary N) is 1. The van der Waals surface area contributed by atoms with E-state index < -0.39 is 0 Å². The molecule has 2 aromatic rings. The van der Waals surface area contributed by atoms with Crippen LogP contribution >= 0.6 is 0 Å². The summed E-state index contributed by atoms with van der Waals surface area (Å²) >= 11 is 0. The maximum Gasteiger partial charge on any atom is 0.127 e. The number of aryl methyl sites for hydroxylation is 2. The molecular weight excluding hydrogens is 234 g/mol. The van der Waals surface area contributed by atoms with Gasteiger partial charge in [0.15, 0.2) is 0 Å². The highest BCUT2D eigenvalue weighted by Crippen LogP contribution is 2.25. The molecule has 0 aliphatic rings. The SMILES string of the molecule is CC[C@H](N)c1ccc(Oc2cc(C)cc(C)c2)cc1. The Morgan fingerprint density at radius 3 is 2.05 bits per heavy atom. The Hall–Kier alpha value is -1.80. The lowest BCUT2D eigenvalue weighted by atomic mass is 10.1. The smallest absolute Gasteiger partial charge is 0.127 e. The van der Waals surface area contributed by atoms with Crippen LogP contribution in [0.15, 0.2) is 42.5 Å². The summed E-state index contributed by atoms with van der Waals surface area (Å²) in [5, 5.41) is 0. The highest BCUT2D eigenvalue weighted by atomic mass is 16.5.